The van der Waals surface area contributed by atoms with Crippen molar-refractivity contribution >= 4 is 18.3 Å². The van der Waals surface area contributed by atoms with Crippen LogP contribution in [-0.4, -0.2) is 43.6 Å². The second kappa shape index (κ2) is 8.14. The molecule has 1 aromatic rings. The van der Waals surface area contributed by atoms with Gasteiger partial charge >= 0.3 is 6.61 Å². The Balaban J connectivity index is 0.00000220. The molecule has 1 saturated heterocycles. The molecule has 0 bridgehead atoms. The molecule has 1 amide bonds. The van der Waals surface area contributed by atoms with Crippen molar-refractivity contribution < 1.29 is 18.3 Å². The van der Waals surface area contributed by atoms with Crippen LogP contribution in [0.15, 0.2) is 24.3 Å². The van der Waals surface area contributed by atoms with E-state index in [1.165, 1.54) is 18.2 Å². The van der Waals surface area contributed by atoms with Gasteiger partial charge < -0.3 is 15.0 Å². The lowest BCUT2D eigenvalue weighted by Crippen LogP contribution is -2.46. The van der Waals surface area contributed by atoms with Gasteiger partial charge in [-0.2, -0.15) is 8.78 Å². The third-order valence-electron chi connectivity index (χ3n) is 3.45. The number of nitrogens with one attached hydrogen (secondary N) is 1. The summed E-state index contributed by atoms with van der Waals surface area (Å²) in [6, 6.07) is 6.04. The monoisotopic (exact) mass is 320 g/mol. The smallest absolute Gasteiger partial charge is 0.387 e. The van der Waals surface area contributed by atoms with Crippen molar-refractivity contribution in [3.63, 3.8) is 0 Å². The average molecular weight is 321 g/mol. The minimum atomic E-state index is -2.89. The van der Waals surface area contributed by atoms with E-state index < -0.39 is 6.61 Å². The number of hydrogen-bond acceptors (Lipinski definition) is 3. The molecule has 1 atom stereocenters. The zero-order chi connectivity index (χ0) is 14.5. The highest BCUT2D eigenvalue weighted by molar-refractivity contribution is 5.94. The molecule has 2 rings (SSSR count). The van der Waals surface area contributed by atoms with Crippen LogP contribution in [0.3, 0.4) is 0 Å². The highest BCUT2D eigenvalue weighted by Crippen LogP contribution is 2.18. The van der Waals surface area contributed by atoms with Gasteiger partial charge in [-0.25, -0.2) is 0 Å². The summed E-state index contributed by atoms with van der Waals surface area (Å²) in [5.74, 6) is -0.181. The van der Waals surface area contributed by atoms with Crippen LogP contribution in [0.25, 0.3) is 0 Å². The summed E-state index contributed by atoms with van der Waals surface area (Å²) < 4.78 is 28.7. The van der Waals surface area contributed by atoms with Gasteiger partial charge in [0.15, 0.2) is 0 Å². The highest BCUT2D eigenvalue weighted by Gasteiger charge is 2.23. The van der Waals surface area contributed by atoms with Crippen LogP contribution in [0.1, 0.15) is 23.2 Å². The molecule has 0 aliphatic carbocycles. The summed E-state index contributed by atoms with van der Waals surface area (Å²) in [6.07, 6.45) is 1.97. The van der Waals surface area contributed by atoms with Crippen molar-refractivity contribution in [1.29, 1.82) is 0 Å². The number of ether oxygens (including phenoxy) is 1. The van der Waals surface area contributed by atoms with Crippen molar-refractivity contribution in [2.24, 2.45) is 0 Å². The normalized spacial score (nSPS) is 18.0. The van der Waals surface area contributed by atoms with E-state index in [9.17, 15) is 13.6 Å². The van der Waals surface area contributed by atoms with Crippen molar-refractivity contribution in [2.45, 2.75) is 25.5 Å². The number of amides is 1. The zero-order valence-corrected chi connectivity index (χ0v) is 12.5. The summed E-state index contributed by atoms with van der Waals surface area (Å²) in [6.45, 7) is -1.16. The number of carbonyl (C=O) groups excluding carboxylic acids is 1. The molecule has 4 nitrogen and oxygen atoms in total. The first-order valence-corrected chi connectivity index (χ1v) is 6.60. The van der Waals surface area contributed by atoms with Crippen LogP contribution in [0.5, 0.6) is 5.75 Å². The van der Waals surface area contributed by atoms with Crippen molar-refractivity contribution in [3.05, 3.63) is 29.8 Å². The first-order valence-electron chi connectivity index (χ1n) is 6.60. The number of alkyl halides is 2. The SMILES string of the molecule is CN(C(=O)c1cccc(OC(F)F)c1)C1CCCNC1.Cl. The molecular weight excluding hydrogens is 302 g/mol. The summed E-state index contributed by atoms with van der Waals surface area (Å²) >= 11 is 0. The van der Waals surface area contributed by atoms with Crippen molar-refractivity contribution in [1.82, 2.24) is 10.2 Å². The van der Waals surface area contributed by atoms with E-state index in [4.69, 9.17) is 0 Å². The maximum atomic E-state index is 12.3. The van der Waals surface area contributed by atoms with Crippen LogP contribution < -0.4 is 10.1 Å². The molecule has 1 aliphatic rings. The zero-order valence-electron chi connectivity index (χ0n) is 11.7. The van der Waals surface area contributed by atoms with E-state index in [-0.39, 0.29) is 30.1 Å². The predicted octanol–water partition coefficient (Wildman–Crippen LogP) is 2.53. The highest BCUT2D eigenvalue weighted by atomic mass is 35.5. The molecule has 1 unspecified atom stereocenters. The van der Waals surface area contributed by atoms with Gasteiger partial charge in [0.2, 0.25) is 0 Å². The number of piperidine rings is 1. The molecule has 0 spiro atoms. The Kier molecular flexibility index (Phi) is 6.84. The van der Waals surface area contributed by atoms with Crippen LogP contribution in [0, 0.1) is 0 Å². The van der Waals surface area contributed by atoms with E-state index in [0.717, 1.165) is 25.9 Å². The molecule has 1 heterocycles. The van der Waals surface area contributed by atoms with Crippen LogP contribution in [-0.2, 0) is 0 Å². The van der Waals surface area contributed by atoms with E-state index >= 15 is 0 Å². The average Bonchev–Trinajstić information content (AvgIpc) is 2.46. The van der Waals surface area contributed by atoms with Gasteiger partial charge in [-0.1, -0.05) is 6.07 Å². The number of benzene rings is 1. The summed E-state index contributed by atoms with van der Waals surface area (Å²) in [7, 11) is 1.74. The van der Waals surface area contributed by atoms with Crippen molar-refractivity contribution in [2.75, 3.05) is 20.1 Å². The van der Waals surface area contributed by atoms with Gasteiger partial charge in [-0.15, -0.1) is 12.4 Å². The Morgan fingerprint density at radius 2 is 2.24 bits per heavy atom. The quantitative estimate of drug-likeness (QED) is 0.927. The predicted molar refractivity (Wildman–Crippen MR) is 78.3 cm³/mol. The van der Waals surface area contributed by atoms with Gasteiger partial charge in [0, 0.05) is 25.2 Å². The Bertz CT molecular complexity index is 468. The van der Waals surface area contributed by atoms with Gasteiger partial charge in [0.25, 0.3) is 5.91 Å². The molecule has 1 aromatic carbocycles. The van der Waals surface area contributed by atoms with E-state index in [1.807, 2.05) is 0 Å². The molecule has 1 N–H and O–H groups in total. The topological polar surface area (TPSA) is 41.6 Å². The summed E-state index contributed by atoms with van der Waals surface area (Å²) in [4.78, 5) is 14.0. The minimum absolute atomic E-state index is 0. The van der Waals surface area contributed by atoms with Gasteiger partial charge in [0.05, 0.1) is 0 Å². The maximum absolute atomic E-state index is 12.3. The van der Waals surface area contributed by atoms with Gasteiger partial charge in [-0.3, -0.25) is 4.79 Å². The first kappa shape index (κ1) is 17.7. The number of carbonyl (C=O) groups is 1. The van der Waals surface area contributed by atoms with E-state index in [1.54, 1.807) is 18.0 Å². The Morgan fingerprint density at radius 1 is 1.48 bits per heavy atom. The van der Waals surface area contributed by atoms with Crippen LogP contribution >= 0.6 is 12.4 Å². The lowest BCUT2D eigenvalue weighted by atomic mass is 10.1. The molecule has 7 heteroatoms. The third-order valence-corrected chi connectivity index (χ3v) is 3.45. The number of halogens is 3. The standard InChI is InChI=1S/C14H18F2N2O2.ClH/c1-18(11-5-3-7-17-9-11)13(19)10-4-2-6-12(8-10)20-14(15)16;/h2,4,6,8,11,14,17H,3,5,7,9H2,1H3;1H. The number of rotatable bonds is 4. The molecule has 0 radical (unpaired) electrons. The van der Waals surface area contributed by atoms with Crippen LogP contribution in [0.2, 0.25) is 0 Å². The lowest BCUT2D eigenvalue weighted by molar-refractivity contribution is -0.0499. The fraction of sp³-hybridized carbons (Fsp3) is 0.500. The molecule has 0 aromatic heterocycles. The fourth-order valence-electron chi connectivity index (χ4n) is 2.34. The largest absolute Gasteiger partial charge is 0.435 e. The maximum Gasteiger partial charge on any atom is 0.387 e. The van der Waals surface area contributed by atoms with E-state index in [0.29, 0.717) is 5.56 Å². The lowest BCUT2D eigenvalue weighted by Gasteiger charge is -2.31. The molecule has 1 fully saturated rings. The Labute approximate surface area is 128 Å². The molecule has 1 aliphatic heterocycles. The second-order valence-corrected chi connectivity index (χ2v) is 4.82. The van der Waals surface area contributed by atoms with E-state index in [2.05, 4.69) is 10.1 Å². The number of hydrogen-bond donors (Lipinski definition) is 1. The summed E-state index contributed by atoms with van der Waals surface area (Å²) in [5, 5.41) is 3.24. The fourth-order valence-corrected chi connectivity index (χ4v) is 2.34. The van der Waals surface area contributed by atoms with Crippen molar-refractivity contribution in [3.8, 4) is 5.75 Å². The number of nitrogens with zero attached hydrogens (tertiary/aromatic N) is 1. The van der Waals surface area contributed by atoms with Gasteiger partial charge in [0.1, 0.15) is 5.75 Å². The third kappa shape index (κ3) is 4.82. The Morgan fingerprint density at radius 3 is 2.86 bits per heavy atom. The first-order chi connectivity index (χ1) is 9.58. The second-order valence-electron chi connectivity index (χ2n) is 4.82. The molecule has 0 saturated carbocycles. The minimum Gasteiger partial charge on any atom is -0.435 e. The molecule has 21 heavy (non-hydrogen) atoms. The summed E-state index contributed by atoms with van der Waals surface area (Å²) in [5.41, 5.74) is 0.358. The Hall–Kier alpha value is -1.40. The van der Waals surface area contributed by atoms with Gasteiger partial charge in [-0.05, 0) is 37.6 Å². The molecule has 118 valence electrons. The number of likely N-dealkylation sites (N-methyl/N-ethyl adjacent to an activating group) is 1. The van der Waals surface area contributed by atoms with Crippen LogP contribution in [0.4, 0.5) is 8.78 Å². The molecular formula is C14H19ClF2N2O2.